The van der Waals surface area contributed by atoms with E-state index < -0.39 is 39.3 Å². The summed E-state index contributed by atoms with van der Waals surface area (Å²) >= 11 is 0. The maximum atomic E-state index is 14.0. The zero-order chi connectivity index (χ0) is 23.0. The van der Waals surface area contributed by atoms with E-state index in [4.69, 9.17) is 0 Å². The van der Waals surface area contributed by atoms with Crippen LogP contribution in [0.15, 0.2) is 23.0 Å². The minimum Gasteiger partial charge on any atom is -0.510 e. The average Bonchev–Trinajstić information content (AvgIpc) is 2.97. The van der Waals surface area contributed by atoms with Crippen LogP contribution in [0, 0.1) is 34.0 Å². The standard InChI is InChI=1S/C25H36O5/c1-13(2)9-10-24-11-16-22(5,6)15(23(7,8)30)12-25(16,21(24)29)20(28)17(19(24)27)18(26)14(3)4/h9,14-16,27,30H,10-12H2,1-8H3/t15-,16-,24?,25+/m1/s1. The van der Waals surface area contributed by atoms with Crippen molar-refractivity contribution in [2.75, 3.05) is 0 Å². The minimum atomic E-state index is -1.35. The zero-order valence-electron chi connectivity index (χ0n) is 19.5. The van der Waals surface area contributed by atoms with Crippen LogP contribution >= 0.6 is 0 Å². The monoisotopic (exact) mass is 416 g/mol. The second-order valence-corrected chi connectivity index (χ2v) is 11.4. The van der Waals surface area contributed by atoms with Gasteiger partial charge < -0.3 is 10.2 Å². The molecular formula is C25H36O5. The first-order valence-corrected chi connectivity index (χ1v) is 11.0. The molecule has 2 saturated carbocycles. The van der Waals surface area contributed by atoms with E-state index in [2.05, 4.69) is 0 Å². The minimum absolute atomic E-state index is 0.179. The Morgan fingerprint density at radius 1 is 1.20 bits per heavy atom. The lowest BCUT2D eigenvalue weighted by atomic mass is 9.62. The van der Waals surface area contributed by atoms with E-state index in [1.54, 1.807) is 27.7 Å². The van der Waals surface area contributed by atoms with Gasteiger partial charge in [0.05, 0.1) is 16.4 Å². The summed E-state index contributed by atoms with van der Waals surface area (Å²) in [5, 5.41) is 22.1. The lowest BCUT2D eigenvalue weighted by Crippen LogP contribution is -2.50. The highest BCUT2D eigenvalue weighted by Crippen LogP contribution is 2.73. The van der Waals surface area contributed by atoms with Crippen LogP contribution in [0.25, 0.3) is 0 Å². The Morgan fingerprint density at radius 2 is 1.77 bits per heavy atom. The third-order valence-electron chi connectivity index (χ3n) is 8.11. The molecule has 3 aliphatic rings. The van der Waals surface area contributed by atoms with Gasteiger partial charge in [-0.25, -0.2) is 0 Å². The molecule has 4 atom stereocenters. The third-order valence-corrected chi connectivity index (χ3v) is 8.11. The number of aliphatic hydroxyl groups excluding tert-OH is 1. The van der Waals surface area contributed by atoms with E-state index >= 15 is 0 Å². The Hall–Kier alpha value is -1.75. The van der Waals surface area contributed by atoms with Gasteiger partial charge in [0.25, 0.3) is 0 Å². The number of hydrogen-bond donors (Lipinski definition) is 2. The lowest BCUT2D eigenvalue weighted by Gasteiger charge is -2.41. The van der Waals surface area contributed by atoms with E-state index in [0.29, 0.717) is 6.42 Å². The summed E-state index contributed by atoms with van der Waals surface area (Å²) < 4.78 is 0. The Morgan fingerprint density at radius 3 is 2.23 bits per heavy atom. The van der Waals surface area contributed by atoms with Gasteiger partial charge in [-0.1, -0.05) is 39.3 Å². The molecule has 2 bridgehead atoms. The number of carbonyl (C=O) groups excluding carboxylic acids is 3. The molecule has 166 valence electrons. The Labute approximate surface area is 179 Å². The van der Waals surface area contributed by atoms with Crippen LogP contribution in [0.1, 0.15) is 74.7 Å². The van der Waals surface area contributed by atoms with E-state index in [0.717, 1.165) is 5.57 Å². The fourth-order valence-electron chi connectivity index (χ4n) is 6.62. The second kappa shape index (κ2) is 6.62. The van der Waals surface area contributed by atoms with Crippen LogP contribution in [0.3, 0.4) is 0 Å². The topological polar surface area (TPSA) is 91.7 Å². The van der Waals surface area contributed by atoms with Gasteiger partial charge >= 0.3 is 0 Å². The Kier molecular flexibility index (Phi) is 5.06. The summed E-state index contributed by atoms with van der Waals surface area (Å²) in [6.45, 7) is 14.7. The Balaban J connectivity index is 2.30. The van der Waals surface area contributed by atoms with Gasteiger partial charge in [0, 0.05) is 5.92 Å². The molecule has 0 aliphatic heterocycles. The van der Waals surface area contributed by atoms with Crippen LogP contribution < -0.4 is 0 Å². The third kappa shape index (κ3) is 2.73. The summed E-state index contributed by atoms with van der Waals surface area (Å²) in [7, 11) is 0. The predicted molar refractivity (Wildman–Crippen MR) is 115 cm³/mol. The first-order valence-electron chi connectivity index (χ1n) is 11.0. The molecular weight excluding hydrogens is 380 g/mol. The van der Waals surface area contributed by atoms with Crippen LogP contribution in [0.2, 0.25) is 0 Å². The quantitative estimate of drug-likeness (QED) is 0.395. The number of rotatable bonds is 5. The highest BCUT2D eigenvalue weighted by molar-refractivity contribution is 6.32. The van der Waals surface area contributed by atoms with Gasteiger partial charge in [-0.15, -0.1) is 0 Å². The van der Waals surface area contributed by atoms with Gasteiger partial charge in [-0.05, 0) is 64.2 Å². The van der Waals surface area contributed by atoms with Crippen LogP contribution in [-0.4, -0.2) is 33.2 Å². The first kappa shape index (κ1) is 22.9. The van der Waals surface area contributed by atoms with E-state index in [9.17, 15) is 24.6 Å². The summed E-state index contributed by atoms with van der Waals surface area (Å²) in [4.78, 5) is 40.9. The normalized spacial score (nSPS) is 35.1. The van der Waals surface area contributed by atoms with Crippen molar-refractivity contribution in [1.82, 2.24) is 0 Å². The highest BCUT2D eigenvalue weighted by Gasteiger charge is 2.78. The van der Waals surface area contributed by atoms with Crippen molar-refractivity contribution in [3.05, 3.63) is 23.0 Å². The molecule has 0 saturated heterocycles. The van der Waals surface area contributed by atoms with Gasteiger partial charge in [0.15, 0.2) is 17.3 Å². The maximum Gasteiger partial charge on any atom is 0.183 e. The smallest absolute Gasteiger partial charge is 0.183 e. The average molecular weight is 417 g/mol. The van der Waals surface area contributed by atoms with Crippen molar-refractivity contribution in [2.45, 2.75) is 80.3 Å². The van der Waals surface area contributed by atoms with Crippen molar-refractivity contribution in [2.24, 2.45) is 34.0 Å². The molecule has 5 nitrogen and oxygen atoms in total. The molecule has 0 aromatic carbocycles. The molecule has 2 N–H and O–H groups in total. The van der Waals surface area contributed by atoms with Crippen molar-refractivity contribution in [3.8, 4) is 0 Å². The number of fused-ring (bicyclic) bond motifs is 1. The van der Waals surface area contributed by atoms with Gasteiger partial charge in [-0.3, -0.25) is 14.4 Å². The number of ketones is 3. The second-order valence-electron chi connectivity index (χ2n) is 11.4. The first-order chi connectivity index (χ1) is 13.5. The number of carbonyl (C=O) groups is 3. The number of Topliss-reactive ketones (excluding diaryl/α,β-unsaturated/α-hetero) is 3. The fraction of sp³-hybridized carbons (Fsp3) is 0.720. The highest BCUT2D eigenvalue weighted by atomic mass is 16.3. The van der Waals surface area contributed by atoms with Gasteiger partial charge in [0.1, 0.15) is 11.3 Å². The molecule has 0 aromatic heterocycles. The number of aliphatic hydroxyl groups is 2. The zero-order valence-corrected chi connectivity index (χ0v) is 19.5. The molecule has 1 unspecified atom stereocenters. The van der Waals surface area contributed by atoms with E-state index in [1.165, 1.54) is 0 Å². The molecule has 1 spiro atoms. The summed E-state index contributed by atoms with van der Waals surface area (Å²) in [6.07, 6.45) is 2.73. The van der Waals surface area contributed by atoms with Gasteiger partial charge in [-0.2, -0.15) is 0 Å². The maximum absolute atomic E-state index is 14.0. The molecule has 2 fully saturated rings. The molecule has 0 amide bonds. The molecule has 3 aliphatic carbocycles. The SMILES string of the molecule is CC(C)=CCC12C[C@@H]3C(C)(C)[C@H](C(C)(C)O)C[C@]3(C(=O)C(C(=O)C(C)C)=C1O)C2=O. The van der Waals surface area contributed by atoms with Crippen molar-refractivity contribution in [3.63, 3.8) is 0 Å². The summed E-state index contributed by atoms with van der Waals surface area (Å²) in [5.74, 6) is -2.61. The molecule has 0 aromatic rings. The molecule has 3 rings (SSSR count). The molecule has 30 heavy (non-hydrogen) atoms. The van der Waals surface area contributed by atoms with Crippen molar-refractivity contribution in [1.29, 1.82) is 0 Å². The van der Waals surface area contributed by atoms with Crippen LogP contribution in [-0.2, 0) is 14.4 Å². The van der Waals surface area contributed by atoms with Crippen LogP contribution in [0.4, 0.5) is 0 Å². The molecule has 0 heterocycles. The van der Waals surface area contributed by atoms with Crippen molar-refractivity contribution < 1.29 is 24.6 Å². The predicted octanol–water partition coefficient (Wildman–Crippen LogP) is 4.34. The van der Waals surface area contributed by atoms with E-state index in [-0.39, 0.29) is 41.8 Å². The lowest BCUT2D eigenvalue weighted by molar-refractivity contribution is -0.145. The van der Waals surface area contributed by atoms with Crippen molar-refractivity contribution >= 4 is 17.3 Å². The van der Waals surface area contributed by atoms with E-state index in [1.807, 2.05) is 33.8 Å². The Bertz CT molecular complexity index is 878. The molecule has 5 heteroatoms. The number of hydrogen-bond acceptors (Lipinski definition) is 5. The molecule has 0 radical (unpaired) electrons. The summed E-state index contributed by atoms with van der Waals surface area (Å²) in [6, 6.07) is 0. The number of allylic oxidation sites excluding steroid dienone is 4. The van der Waals surface area contributed by atoms with Crippen LogP contribution in [0.5, 0.6) is 0 Å². The van der Waals surface area contributed by atoms with Gasteiger partial charge in [0.2, 0.25) is 0 Å². The largest absolute Gasteiger partial charge is 0.510 e. The fourth-order valence-corrected chi connectivity index (χ4v) is 6.62. The summed E-state index contributed by atoms with van der Waals surface area (Å²) in [5.41, 5.74) is -3.34.